The third kappa shape index (κ3) is 5.97. The van der Waals surface area contributed by atoms with Gasteiger partial charge >= 0.3 is 5.97 Å². The number of rotatable bonds is 11. The number of ether oxygens (including phenoxy) is 3. The smallest absolute Gasteiger partial charge is 0.354 e. The maximum atomic E-state index is 11.3. The SMILES string of the molecule is COCCCCN(Cc1ccc(OC)cc1OC)c1cc(C(=O)O)nc(Cl)n1. The van der Waals surface area contributed by atoms with Gasteiger partial charge in [0.1, 0.15) is 17.3 Å². The maximum absolute atomic E-state index is 11.3. The number of carboxylic acid groups (broad SMARTS) is 1. The Morgan fingerprint density at radius 1 is 1.14 bits per heavy atom. The second-order valence-electron chi connectivity index (χ2n) is 5.98. The fourth-order valence-electron chi connectivity index (χ4n) is 2.69. The van der Waals surface area contributed by atoms with Crippen LogP contribution in [0.15, 0.2) is 24.3 Å². The molecule has 1 aromatic carbocycles. The zero-order valence-electron chi connectivity index (χ0n) is 16.1. The van der Waals surface area contributed by atoms with Crippen LogP contribution in [0.1, 0.15) is 28.9 Å². The van der Waals surface area contributed by atoms with Gasteiger partial charge in [-0.2, -0.15) is 0 Å². The summed E-state index contributed by atoms with van der Waals surface area (Å²) >= 11 is 5.95. The van der Waals surface area contributed by atoms with Crippen LogP contribution < -0.4 is 14.4 Å². The summed E-state index contributed by atoms with van der Waals surface area (Å²) < 4.78 is 15.8. The standard InChI is InChI=1S/C19H24ClN3O5/c1-26-9-5-4-8-23(17-11-15(18(24)25)21-19(20)22-17)12-13-6-7-14(27-2)10-16(13)28-3/h6-7,10-11H,4-5,8-9,12H2,1-3H3,(H,24,25). The summed E-state index contributed by atoms with van der Waals surface area (Å²) in [6.07, 6.45) is 1.69. The highest BCUT2D eigenvalue weighted by Crippen LogP contribution is 2.27. The van der Waals surface area contributed by atoms with Gasteiger partial charge in [-0.3, -0.25) is 0 Å². The third-order valence-corrected chi connectivity index (χ3v) is 4.28. The number of halogens is 1. The molecule has 9 heteroatoms. The zero-order chi connectivity index (χ0) is 20.5. The van der Waals surface area contributed by atoms with Gasteiger partial charge in [-0.25, -0.2) is 14.8 Å². The Kier molecular flexibility index (Phi) is 8.28. The van der Waals surface area contributed by atoms with Crippen LogP contribution in [0.2, 0.25) is 5.28 Å². The lowest BCUT2D eigenvalue weighted by Crippen LogP contribution is -2.26. The molecule has 0 bridgehead atoms. The highest BCUT2D eigenvalue weighted by molar-refractivity contribution is 6.28. The van der Waals surface area contributed by atoms with E-state index >= 15 is 0 Å². The quantitative estimate of drug-likeness (QED) is 0.446. The lowest BCUT2D eigenvalue weighted by Gasteiger charge is -2.25. The number of aromatic nitrogens is 2. The number of methoxy groups -OCH3 is 3. The molecule has 0 unspecified atom stereocenters. The second-order valence-corrected chi connectivity index (χ2v) is 6.32. The molecule has 152 valence electrons. The fraction of sp³-hybridized carbons (Fsp3) is 0.421. The summed E-state index contributed by atoms with van der Waals surface area (Å²) in [6.45, 7) is 1.72. The molecule has 2 aromatic rings. The Labute approximate surface area is 169 Å². The third-order valence-electron chi connectivity index (χ3n) is 4.11. The van der Waals surface area contributed by atoms with Gasteiger partial charge in [0.05, 0.1) is 14.2 Å². The normalized spacial score (nSPS) is 10.6. The number of nitrogens with zero attached hydrogens (tertiary/aromatic N) is 3. The lowest BCUT2D eigenvalue weighted by atomic mass is 10.1. The lowest BCUT2D eigenvalue weighted by molar-refractivity contribution is 0.0690. The second kappa shape index (κ2) is 10.7. The van der Waals surface area contributed by atoms with E-state index in [1.807, 2.05) is 17.0 Å². The highest BCUT2D eigenvalue weighted by atomic mass is 35.5. The van der Waals surface area contributed by atoms with Crippen LogP contribution in [0.3, 0.4) is 0 Å². The number of anilines is 1. The first-order valence-corrected chi connectivity index (χ1v) is 9.09. The van der Waals surface area contributed by atoms with Gasteiger partial charge in [0.25, 0.3) is 0 Å². The number of hydrogen-bond acceptors (Lipinski definition) is 7. The van der Waals surface area contributed by atoms with Gasteiger partial charge in [0.2, 0.25) is 5.28 Å². The minimum Gasteiger partial charge on any atom is -0.497 e. The van der Waals surface area contributed by atoms with Crippen molar-refractivity contribution < 1.29 is 24.1 Å². The fourth-order valence-corrected chi connectivity index (χ4v) is 2.87. The van der Waals surface area contributed by atoms with Crippen molar-refractivity contribution in [1.82, 2.24) is 9.97 Å². The first kappa shape index (κ1) is 21.7. The molecule has 28 heavy (non-hydrogen) atoms. The summed E-state index contributed by atoms with van der Waals surface area (Å²) in [5.41, 5.74) is 0.750. The topological polar surface area (TPSA) is 94.0 Å². The minimum atomic E-state index is -1.16. The monoisotopic (exact) mass is 409 g/mol. The van der Waals surface area contributed by atoms with Crippen LogP contribution in [-0.4, -0.2) is 55.5 Å². The molecule has 0 aliphatic rings. The van der Waals surface area contributed by atoms with E-state index in [1.54, 1.807) is 27.4 Å². The number of carboxylic acids is 1. The van der Waals surface area contributed by atoms with Crippen LogP contribution in [0.5, 0.6) is 11.5 Å². The van der Waals surface area contributed by atoms with Crippen molar-refractivity contribution in [2.75, 3.05) is 39.4 Å². The highest BCUT2D eigenvalue weighted by Gasteiger charge is 2.17. The van der Waals surface area contributed by atoms with E-state index < -0.39 is 5.97 Å². The Bertz CT molecular complexity index is 803. The van der Waals surface area contributed by atoms with Crippen molar-refractivity contribution in [1.29, 1.82) is 0 Å². The van der Waals surface area contributed by atoms with Gasteiger partial charge in [0.15, 0.2) is 5.69 Å². The predicted octanol–water partition coefficient (Wildman–Crippen LogP) is 3.28. The van der Waals surface area contributed by atoms with Crippen molar-refractivity contribution >= 4 is 23.4 Å². The van der Waals surface area contributed by atoms with Crippen LogP contribution in [0.25, 0.3) is 0 Å². The molecule has 0 fully saturated rings. The molecule has 0 amide bonds. The van der Waals surface area contributed by atoms with Gasteiger partial charge in [-0.15, -0.1) is 0 Å². The minimum absolute atomic E-state index is 0.113. The van der Waals surface area contributed by atoms with E-state index in [9.17, 15) is 9.90 Å². The van der Waals surface area contributed by atoms with E-state index in [0.29, 0.717) is 37.0 Å². The number of benzene rings is 1. The molecule has 2 rings (SSSR count). The van der Waals surface area contributed by atoms with Crippen molar-refractivity contribution in [3.63, 3.8) is 0 Å². The van der Waals surface area contributed by atoms with Crippen LogP contribution >= 0.6 is 11.6 Å². The summed E-state index contributed by atoms with van der Waals surface area (Å²) in [5.74, 6) is 0.630. The molecule has 0 saturated heterocycles. The van der Waals surface area contributed by atoms with E-state index in [2.05, 4.69) is 9.97 Å². The summed E-state index contributed by atoms with van der Waals surface area (Å²) in [5, 5.41) is 9.16. The van der Waals surface area contributed by atoms with Gasteiger partial charge < -0.3 is 24.2 Å². The molecule has 0 aliphatic carbocycles. The van der Waals surface area contributed by atoms with Crippen LogP contribution in [-0.2, 0) is 11.3 Å². The number of hydrogen-bond donors (Lipinski definition) is 1. The number of unbranched alkanes of at least 4 members (excludes halogenated alkanes) is 1. The molecular formula is C19H24ClN3O5. The Morgan fingerprint density at radius 3 is 2.57 bits per heavy atom. The molecule has 0 saturated carbocycles. The first-order chi connectivity index (χ1) is 13.5. The first-order valence-electron chi connectivity index (χ1n) is 8.71. The molecule has 0 radical (unpaired) electrons. The van der Waals surface area contributed by atoms with Crippen molar-refractivity contribution in [2.24, 2.45) is 0 Å². The van der Waals surface area contributed by atoms with Gasteiger partial charge in [-0.05, 0) is 36.6 Å². The number of aromatic carboxylic acids is 1. The summed E-state index contributed by atoms with van der Waals surface area (Å²) in [7, 11) is 4.83. The van der Waals surface area contributed by atoms with Crippen LogP contribution in [0.4, 0.5) is 5.82 Å². The van der Waals surface area contributed by atoms with E-state index in [1.165, 1.54) is 6.07 Å². The molecule has 0 spiro atoms. The average Bonchev–Trinajstić information content (AvgIpc) is 2.69. The largest absolute Gasteiger partial charge is 0.497 e. The zero-order valence-corrected chi connectivity index (χ0v) is 16.9. The summed E-state index contributed by atoms with van der Waals surface area (Å²) in [4.78, 5) is 21.3. The average molecular weight is 410 g/mol. The molecule has 8 nitrogen and oxygen atoms in total. The molecule has 1 aromatic heterocycles. The summed E-state index contributed by atoms with van der Waals surface area (Å²) in [6, 6.07) is 6.96. The number of carbonyl (C=O) groups is 1. The predicted molar refractivity (Wildman–Crippen MR) is 106 cm³/mol. The molecule has 1 heterocycles. The van der Waals surface area contributed by atoms with E-state index in [-0.39, 0.29) is 11.0 Å². The van der Waals surface area contributed by atoms with Gasteiger partial charge in [0, 0.05) is 44.5 Å². The maximum Gasteiger partial charge on any atom is 0.354 e. The Hall–Kier alpha value is -2.58. The molecule has 0 atom stereocenters. The van der Waals surface area contributed by atoms with Crippen molar-refractivity contribution in [3.8, 4) is 11.5 Å². The Balaban J connectivity index is 2.33. The molecular weight excluding hydrogens is 386 g/mol. The van der Waals surface area contributed by atoms with Gasteiger partial charge in [-0.1, -0.05) is 0 Å². The molecule has 0 aliphatic heterocycles. The van der Waals surface area contributed by atoms with E-state index in [0.717, 1.165) is 18.4 Å². The van der Waals surface area contributed by atoms with E-state index in [4.69, 9.17) is 25.8 Å². The molecule has 1 N–H and O–H groups in total. The Morgan fingerprint density at radius 2 is 1.93 bits per heavy atom. The van der Waals surface area contributed by atoms with Crippen molar-refractivity contribution in [2.45, 2.75) is 19.4 Å². The van der Waals surface area contributed by atoms with Crippen molar-refractivity contribution in [3.05, 3.63) is 40.8 Å². The van der Waals surface area contributed by atoms with Crippen LogP contribution in [0, 0.1) is 0 Å².